The Morgan fingerprint density at radius 1 is 1.13 bits per heavy atom. The van der Waals surface area contributed by atoms with Crippen LogP contribution in [0.2, 0.25) is 0 Å². The SMILES string of the molecule is Cl.Nc1ccc(CC2CCNCC2)cc1. The van der Waals surface area contributed by atoms with E-state index in [1.807, 2.05) is 12.1 Å². The molecular formula is C12H19ClN2. The van der Waals surface area contributed by atoms with Crippen LogP contribution in [0.3, 0.4) is 0 Å². The minimum Gasteiger partial charge on any atom is -0.399 e. The molecule has 0 unspecified atom stereocenters. The number of nitrogen functional groups attached to an aromatic ring is 1. The van der Waals surface area contributed by atoms with Crippen LogP contribution in [0.5, 0.6) is 0 Å². The number of anilines is 1. The number of piperidine rings is 1. The first kappa shape index (κ1) is 12.3. The molecule has 0 amide bonds. The Balaban J connectivity index is 0.00000112. The van der Waals surface area contributed by atoms with Gasteiger partial charge in [0.15, 0.2) is 0 Å². The molecule has 15 heavy (non-hydrogen) atoms. The molecule has 0 bridgehead atoms. The molecule has 0 spiro atoms. The molecule has 0 radical (unpaired) electrons. The monoisotopic (exact) mass is 226 g/mol. The number of hydrogen-bond donors (Lipinski definition) is 2. The van der Waals surface area contributed by atoms with Gasteiger partial charge in [-0.25, -0.2) is 0 Å². The first-order valence-corrected chi connectivity index (χ1v) is 5.40. The van der Waals surface area contributed by atoms with Gasteiger partial charge in [0.1, 0.15) is 0 Å². The Morgan fingerprint density at radius 2 is 1.73 bits per heavy atom. The first-order chi connectivity index (χ1) is 6.84. The second-order valence-electron chi connectivity index (χ2n) is 4.14. The van der Waals surface area contributed by atoms with Crippen LogP contribution in [0.1, 0.15) is 18.4 Å². The normalized spacial score (nSPS) is 17.1. The van der Waals surface area contributed by atoms with Crippen LogP contribution in [0.15, 0.2) is 24.3 Å². The van der Waals surface area contributed by atoms with Crippen LogP contribution >= 0.6 is 12.4 Å². The van der Waals surface area contributed by atoms with E-state index in [9.17, 15) is 0 Å². The average molecular weight is 227 g/mol. The van der Waals surface area contributed by atoms with Crippen molar-refractivity contribution in [3.63, 3.8) is 0 Å². The molecule has 1 heterocycles. The maximum Gasteiger partial charge on any atom is 0.0314 e. The summed E-state index contributed by atoms with van der Waals surface area (Å²) in [6.45, 7) is 2.36. The van der Waals surface area contributed by atoms with E-state index in [0.29, 0.717) is 0 Å². The van der Waals surface area contributed by atoms with Gasteiger partial charge in [-0.1, -0.05) is 12.1 Å². The summed E-state index contributed by atoms with van der Waals surface area (Å²) in [5, 5.41) is 3.39. The van der Waals surface area contributed by atoms with Gasteiger partial charge in [0.2, 0.25) is 0 Å². The molecule has 0 aliphatic carbocycles. The van der Waals surface area contributed by atoms with Crippen LogP contribution in [-0.4, -0.2) is 13.1 Å². The van der Waals surface area contributed by atoms with E-state index in [1.54, 1.807) is 0 Å². The molecule has 1 aliphatic heterocycles. The summed E-state index contributed by atoms with van der Waals surface area (Å²) in [6.07, 6.45) is 3.83. The van der Waals surface area contributed by atoms with Crippen LogP contribution in [-0.2, 0) is 6.42 Å². The molecule has 2 rings (SSSR count). The molecule has 1 aromatic carbocycles. The van der Waals surface area contributed by atoms with E-state index in [0.717, 1.165) is 11.6 Å². The first-order valence-electron chi connectivity index (χ1n) is 5.40. The Hall–Kier alpha value is -0.730. The number of benzene rings is 1. The quantitative estimate of drug-likeness (QED) is 0.760. The van der Waals surface area contributed by atoms with Gasteiger partial charge in [-0.3, -0.25) is 0 Å². The molecule has 0 atom stereocenters. The summed E-state index contributed by atoms with van der Waals surface area (Å²) in [6, 6.07) is 8.29. The molecule has 1 aliphatic rings. The van der Waals surface area contributed by atoms with Crippen molar-refractivity contribution in [2.24, 2.45) is 5.92 Å². The van der Waals surface area contributed by atoms with E-state index in [2.05, 4.69) is 17.4 Å². The third kappa shape index (κ3) is 3.73. The zero-order chi connectivity index (χ0) is 9.80. The van der Waals surface area contributed by atoms with Gasteiger partial charge in [-0.15, -0.1) is 12.4 Å². The van der Waals surface area contributed by atoms with Gasteiger partial charge < -0.3 is 11.1 Å². The highest BCUT2D eigenvalue weighted by molar-refractivity contribution is 5.85. The smallest absolute Gasteiger partial charge is 0.0314 e. The zero-order valence-corrected chi connectivity index (χ0v) is 9.72. The van der Waals surface area contributed by atoms with E-state index >= 15 is 0 Å². The van der Waals surface area contributed by atoms with Crippen molar-refractivity contribution in [1.82, 2.24) is 5.32 Å². The lowest BCUT2D eigenvalue weighted by Crippen LogP contribution is -2.28. The number of nitrogens with one attached hydrogen (secondary N) is 1. The average Bonchev–Trinajstić information content (AvgIpc) is 2.23. The van der Waals surface area contributed by atoms with E-state index in [4.69, 9.17) is 5.73 Å². The van der Waals surface area contributed by atoms with Crippen molar-refractivity contribution in [3.8, 4) is 0 Å². The third-order valence-corrected chi connectivity index (χ3v) is 2.96. The van der Waals surface area contributed by atoms with Crippen LogP contribution in [0.25, 0.3) is 0 Å². The zero-order valence-electron chi connectivity index (χ0n) is 8.91. The summed E-state index contributed by atoms with van der Waals surface area (Å²) in [7, 11) is 0. The highest BCUT2D eigenvalue weighted by Gasteiger charge is 2.12. The topological polar surface area (TPSA) is 38.0 Å². The highest BCUT2D eigenvalue weighted by atomic mass is 35.5. The van der Waals surface area contributed by atoms with Crippen molar-refractivity contribution >= 4 is 18.1 Å². The number of nitrogens with two attached hydrogens (primary N) is 1. The minimum absolute atomic E-state index is 0. The maximum absolute atomic E-state index is 5.65. The van der Waals surface area contributed by atoms with Gasteiger partial charge in [-0.05, 0) is 56.0 Å². The molecule has 1 aromatic rings. The predicted molar refractivity (Wildman–Crippen MR) is 67.4 cm³/mol. The van der Waals surface area contributed by atoms with Gasteiger partial charge >= 0.3 is 0 Å². The van der Waals surface area contributed by atoms with Crippen molar-refractivity contribution in [3.05, 3.63) is 29.8 Å². The standard InChI is InChI=1S/C12H18N2.ClH/c13-12-3-1-10(2-4-12)9-11-5-7-14-8-6-11;/h1-4,11,14H,5-9,13H2;1H. The molecule has 84 valence electrons. The minimum atomic E-state index is 0. The Bertz CT molecular complexity index is 278. The van der Waals surface area contributed by atoms with E-state index in [1.165, 1.54) is 37.9 Å². The summed E-state index contributed by atoms with van der Waals surface area (Å²) >= 11 is 0. The summed E-state index contributed by atoms with van der Waals surface area (Å²) in [5.41, 5.74) is 7.93. The van der Waals surface area contributed by atoms with Gasteiger partial charge in [0, 0.05) is 5.69 Å². The van der Waals surface area contributed by atoms with Gasteiger partial charge in [0.05, 0.1) is 0 Å². The van der Waals surface area contributed by atoms with Crippen molar-refractivity contribution < 1.29 is 0 Å². The predicted octanol–water partition coefficient (Wildman–Crippen LogP) is 2.23. The number of hydrogen-bond acceptors (Lipinski definition) is 2. The fourth-order valence-corrected chi connectivity index (χ4v) is 2.07. The second-order valence-corrected chi connectivity index (χ2v) is 4.14. The van der Waals surface area contributed by atoms with Crippen molar-refractivity contribution in [2.75, 3.05) is 18.8 Å². The number of rotatable bonds is 2. The Morgan fingerprint density at radius 3 is 2.33 bits per heavy atom. The molecular weight excluding hydrogens is 208 g/mol. The molecule has 0 saturated carbocycles. The van der Waals surface area contributed by atoms with Crippen LogP contribution < -0.4 is 11.1 Å². The van der Waals surface area contributed by atoms with Gasteiger partial charge in [0.25, 0.3) is 0 Å². The molecule has 2 nitrogen and oxygen atoms in total. The number of halogens is 1. The molecule has 1 saturated heterocycles. The van der Waals surface area contributed by atoms with Crippen LogP contribution in [0.4, 0.5) is 5.69 Å². The maximum atomic E-state index is 5.65. The summed E-state index contributed by atoms with van der Waals surface area (Å²) < 4.78 is 0. The fourth-order valence-electron chi connectivity index (χ4n) is 2.07. The third-order valence-electron chi connectivity index (χ3n) is 2.96. The Kier molecular flexibility index (Phi) is 4.92. The molecule has 1 fully saturated rings. The molecule has 3 heteroatoms. The lowest BCUT2D eigenvalue weighted by molar-refractivity contribution is 0.372. The highest BCUT2D eigenvalue weighted by Crippen LogP contribution is 2.18. The van der Waals surface area contributed by atoms with E-state index in [-0.39, 0.29) is 12.4 Å². The summed E-state index contributed by atoms with van der Waals surface area (Å²) in [4.78, 5) is 0. The second kappa shape index (κ2) is 5.99. The van der Waals surface area contributed by atoms with Crippen LogP contribution in [0, 0.1) is 5.92 Å². The molecule has 0 aromatic heterocycles. The lowest BCUT2D eigenvalue weighted by Gasteiger charge is -2.22. The lowest BCUT2D eigenvalue weighted by atomic mass is 9.91. The fraction of sp³-hybridized carbons (Fsp3) is 0.500. The Labute approximate surface area is 97.7 Å². The van der Waals surface area contributed by atoms with E-state index < -0.39 is 0 Å². The largest absolute Gasteiger partial charge is 0.399 e. The van der Waals surface area contributed by atoms with Crippen molar-refractivity contribution in [2.45, 2.75) is 19.3 Å². The summed E-state index contributed by atoms with van der Waals surface area (Å²) in [5.74, 6) is 0.861. The van der Waals surface area contributed by atoms with Gasteiger partial charge in [-0.2, -0.15) is 0 Å². The molecule has 3 N–H and O–H groups in total. The van der Waals surface area contributed by atoms with Crippen molar-refractivity contribution in [1.29, 1.82) is 0 Å².